The number of nitrogens with zero attached hydrogens (tertiary/aromatic N) is 2. The van der Waals surface area contributed by atoms with Crippen molar-refractivity contribution in [2.75, 3.05) is 44.8 Å². The zero-order chi connectivity index (χ0) is 24.6. The van der Waals surface area contributed by atoms with Gasteiger partial charge in [-0.05, 0) is 25.1 Å². The van der Waals surface area contributed by atoms with Gasteiger partial charge in [-0.1, -0.05) is 18.2 Å². The van der Waals surface area contributed by atoms with Crippen molar-refractivity contribution < 1.29 is 27.5 Å². The van der Waals surface area contributed by atoms with E-state index in [2.05, 4.69) is 10.6 Å². The first-order chi connectivity index (χ1) is 16.9. The Morgan fingerprint density at radius 3 is 2.54 bits per heavy atom. The van der Waals surface area contributed by atoms with Crippen molar-refractivity contribution in [2.24, 2.45) is 0 Å². The minimum Gasteiger partial charge on any atom is -0.454 e. The molecule has 1 aromatic heterocycles. The van der Waals surface area contributed by atoms with E-state index in [1.165, 1.54) is 27.8 Å². The molecule has 3 heterocycles. The van der Waals surface area contributed by atoms with Gasteiger partial charge in [0.05, 0.1) is 10.5 Å². The van der Waals surface area contributed by atoms with Crippen LogP contribution in [0.3, 0.4) is 0 Å². The number of piperazine rings is 1. The number of ether oxygens (including phenoxy) is 2. The largest absolute Gasteiger partial charge is 0.454 e. The summed E-state index contributed by atoms with van der Waals surface area (Å²) in [6.45, 7) is 3.11. The van der Waals surface area contributed by atoms with E-state index in [0.29, 0.717) is 28.6 Å². The summed E-state index contributed by atoms with van der Waals surface area (Å²) in [6, 6.07) is 11.6. The van der Waals surface area contributed by atoms with E-state index < -0.39 is 10.0 Å². The first kappa shape index (κ1) is 23.4. The van der Waals surface area contributed by atoms with Crippen molar-refractivity contribution >= 4 is 48.4 Å². The van der Waals surface area contributed by atoms with Crippen LogP contribution >= 0.6 is 11.3 Å². The zero-order valence-electron chi connectivity index (χ0n) is 18.9. The van der Waals surface area contributed by atoms with Gasteiger partial charge < -0.3 is 19.7 Å². The fourth-order valence-corrected chi connectivity index (χ4v) is 6.66. The lowest BCUT2D eigenvalue weighted by atomic mass is 10.1. The van der Waals surface area contributed by atoms with Crippen LogP contribution in [0.5, 0.6) is 11.5 Å². The number of sulfonamides is 1. The summed E-state index contributed by atoms with van der Waals surface area (Å²) in [4.78, 5) is 27.5. The summed E-state index contributed by atoms with van der Waals surface area (Å²) < 4.78 is 39.2. The van der Waals surface area contributed by atoms with Crippen molar-refractivity contribution in [2.45, 2.75) is 11.8 Å². The molecule has 0 unspecified atom stereocenters. The second-order valence-corrected chi connectivity index (χ2v) is 11.0. The Bertz CT molecular complexity index is 1400. The fraction of sp³-hybridized carbons (Fsp3) is 0.304. The maximum Gasteiger partial charge on any atom is 0.319 e. The van der Waals surface area contributed by atoms with Gasteiger partial charge in [-0.2, -0.15) is 4.31 Å². The molecule has 2 aliphatic rings. The number of hydrogen-bond acceptors (Lipinski definition) is 7. The smallest absolute Gasteiger partial charge is 0.319 e. The normalized spacial score (nSPS) is 15.9. The quantitative estimate of drug-likeness (QED) is 0.539. The zero-order valence-corrected chi connectivity index (χ0v) is 20.6. The molecule has 2 aliphatic heterocycles. The van der Waals surface area contributed by atoms with Crippen LogP contribution in [0.2, 0.25) is 0 Å². The molecule has 12 heteroatoms. The number of fused-ring (bicyclic) bond motifs is 2. The Hall–Kier alpha value is -3.35. The first-order valence-corrected chi connectivity index (χ1v) is 13.4. The van der Waals surface area contributed by atoms with Gasteiger partial charge in [-0.3, -0.25) is 10.1 Å². The minimum atomic E-state index is -3.75. The van der Waals surface area contributed by atoms with Crippen LogP contribution in [0.15, 0.2) is 47.4 Å². The number of amides is 3. The van der Waals surface area contributed by atoms with Crippen LogP contribution in [0.25, 0.3) is 10.1 Å². The molecule has 5 rings (SSSR count). The number of carbonyl (C=O) groups excluding carboxylic acids is 2. The number of nitrogens with one attached hydrogen (secondary N) is 2. The van der Waals surface area contributed by atoms with Crippen LogP contribution < -0.4 is 20.1 Å². The summed E-state index contributed by atoms with van der Waals surface area (Å²) >= 11 is 1.33. The lowest BCUT2D eigenvalue weighted by Crippen LogP contribution is -2.50. The van der Waals surface area contributed by atoms with E-state index in [1.54, 1.807) is 11.0 Å². The lowest BCUT2D eigenvalue weighted by molar-refractivity contribution is 0.0701. The van der Waals surface area contributed by atoms with E-state index in [9.17, 15) is 18.0 Å². The number of urea groups is 1. The highest BCUT2D eigenvalue weighted by molar-refractivity contribution is 7.89. The molecule has 2 aromatic carbocycles. The van der Waals surface area contributed by atoms with Gasteiger partial charge in [0.15, 0.2) is 11.5 Å². The number of anilines is 1. The van der Waals surface area contributed by atoms with Gasteiger partial charge in [0.2, 0.25) is 16.8 Å². The minimum absolute atomic E-state index is 0.0633. The molecular formula is C23H24N4O6S2. The summed E-state index contributed by atoms with van der Waals surface area (Å²) in [5.74, 6) is 0.671. The van der Waals surface area contributed by atoms with Crippen molar-refractivity contribution in [3.8, 4) is 11.5 Å². The summed E-state index contributed by atoms with van der Waals surface area (Å²) in [5.41, 5.74) is 0.420. The molecule has 3 amide bonds. The van der Waals surface area contributed by atoms with Crippen molar-refractivity contribution in [3.63, 3.8) is 0 Å². The van der Waals surface area contributed by atoms with E-state index in [-0.39, 0.29) is 49.8 Å². The Morgan fingerprint density at radius 1 is 1.03 bits per heavy atom. The van der Waals surface area contributed by atoms with Crippen LogP contribution in [0, 0.1) is 0 Å². The molecule has 0 atom stereocenters. The van der Waals surface area contributed by atoms with E-state index in [0.717, 1.165) is 10.1 Å². The van der Waals surface area contributed by atoms with E-state index >= 15 is 0 Å². The second-order valence-electron chi connectivity index (χ2n) is 8.00. The average Bonchev–Trinajstić information content (AvgIpc) is 3.47. The lowest BCUT2D eigenvalue weighted by Gasteiger charge is -2.34. The van der Waals surface area contributed by atoms with Gasteiger partial charge in [0.1, 0.15) is 5.00 Å². The summed E-state index contributed by atoms with van der Waals surface area (Å²) in [7, 11) is -3.75. The van der Waals surface area contributed by atoms with Crippen LogP contribution in [0.4, 0.5) is 9.80 Å². The Labute approximate surface area is 206 Å². The van der Waals surface area contributed by atoms with Gasteiger partial charge in [-0.15, -0.1) is 11.3 Å². The van der Waals surface area contributed by atoms with Gasteiger partial charge in [-0.25, -0.2) is 13.2 Å². The Kier molecular flexibility index (Phi) is 6.26. The number of benzene rings is 2. The maximum atomic E-state index is 13.6. The third-order valence-electron chi connectivity index (χ3n) is 5.88. The predicted molar refractivity (Wildman–Crippen MR) is 132 cm³/mol. The molecule has 0 aliphatic carbocycles. The third-order valence-corrected chi connectivity index (χ3v) is 8.86. The molecule has 35 heavy (non-hydrogen) atoms. The number of rotatable bonds is 5. The third kappa shape index (κ3) is 4.40. The highest BCUT2D eigenvalue weighted by Gasteiger charge is 2.33. The predicted octanol–water partition coefficient (Wildman–Crippen LogP) is 2.92. The van der Waals surface area contributed by atoms with Crippen molar-refractivity contribution in [3.05, 3.63) is 48.0 Å². The molecule has 10 nitrogen and oxygen atoms in total. The fourth-order valence-electron chi connectivity index (χ4n) is 4.13. The van der Waals surface area contributed by atoms with Gasteiger partial charge in [0.25, 0.3) is 5.91 Å². The van der Waals surface area contributed by atoms with E-state index in [4.69, 9.17) is 9.47 Å². The van der Waals surface area contributed by atoms with Gasteiger partial charge in [0, 0.05) is 48.9 Å². The number of hydrogen-bond donors (Lipinski definition) is 2. The average molecular weight is 517 g/mol. The molecular weight excluding hydrogens is 492 g/mol. The molecule has 1 saturated heterocycles. The molecule has 3 aromatic rings. The highest BCUT2D eigenvalue weighted by Crippen LogP contribution is 2.37. The van der Waals surface area contributed by atoms with Crippen LogP contribution in [-0.2, 0) is 10.0 Å². The SMILES string of the molecule is CCNC(=O)Nc1sc2ccccc2c1C(=O)N1CCN(S(=O)(=O)c2ccc3c(c2)OCO3)CC1. The standard InChI is InChI=1S/C23H24N4O6S2/c1-2-24-23(29)25-21-20(16-5-3-4-6-19(16)34-21)22(28)26-9-11-27(12-10-26)35(30,31)15-7-8-17-18(13-15)33-14-32-17/h3-8,13H,2,9-12,14H2,1H3,(H2,24,25,29). The van der Waals surface area contributed by atoms with E-state index in [1.807, 2.05) is 31.2 Å². The molecule has 0 saturated carbocycles. The molecule has 2 N–H and O–H groups in total. The Balaban J connectivity index is 1.34. The monoisotopic (exact) mass is 516 g/mol. The second kappa shape index (κ2) is 9.36. The highest BCUT2D eigenvalue weighted by atomic mass is 32.2. The van der Waals surface area contributed by atoms with Crippen molar-refractivity contribution in [1.82, 2.24) is 14.5 Å². The maximum absolute atomic E-state index is 13.6. The number of thiophene rings is 1. The summed E-state index contributed by atoms with van der Waals surface area (Å²) in [6.07, 6.45) is 0. The molecule has 0 radical (unpaired) electrons. The van der Waals surface area contributed by atoms with Crippen molar-refractivity contribution in [1.29, 1.82) is 0 Å². The van der Waals surface area contributed by atoms with Gasteiger partial charge >= 0.3 is 6.03 Å². The van der Waals surface area contributed by atoms with Crippen LogP contribution in [0.1, 0.15) is 17.3 Å². The number of carbonyl (C=O) groups is 2. The topological polar surface area (TPSA) is 117 Å². The summed E-state index contributed by atoms with van der Waals surface area (Å²) in [5, 5.41) is 6.69. The molecule has 0 spiro atoms. The molecule has 184 valence electrons. The Morgan fingerprint density at radius 2 is 1.77 bits per heavy atom. The molecule has 1 fully saturated rings. The van der Waals surface area contributed by atoms with Crippen LogP contribution in [-0.4, -0.2) is 69.1 Å². The molecule has 0 bridgehead atoms. The first-order valence-electron chi connectivity index (χ1n) is 11.1.